The number of methoxy groups -OCH3 is 2. The highest BCUT2D eigenvalue weighted by molar-refractivity contribution is 5.43. The van der Waals surface area contributed by atoms with Crippen molar-refractivity contribution in [3.8, 4) is 11.5 Å². The second kappa shape index (κ2) is 6.25. The fourth-order valence-corrected chi connectivity index (χ4v) is 1.09. The molecule has 0 amide bonds. The molecular weight excluding hydrogens is 221 g/mol. The Morgan fingerprint density at radius 1 is 0.750 bits per heavy atom. The molecule has 0 aliphatic heterocycles. The lowest BCUT2D eigenvalue weighted by molar-refractivity contribution is 0.315. The summed E-state index contributed by atoms with van der Waals surface area (Å²) in [5.74, 6) is -4.55. The molecule has 0 unspecified atom stereocenters. The summed E-state index contributed by atoms with van der Waals surface area (Å²) in [4.78, 5) is 0. The molecule has 0 spiro atoms. The van der Waals surface area contributed by atoms with Gasteiger partial charge in [0.15, 0.2) is 23.1 Å². The van der Waals surface area contributed by atoms with Crippen LogP contribution in [0.3, 0.4) is 0 Å². The van der Waals surface area contributed by atoms with Crippen LogP contribution in [0, 0.1) is 24.4 Å². The van der Waals surface area contributed by atoms with E-state index in [2.05, 4.69) is 9.47 Å². The molecule has 0 bridgehead atoms. The summed E-state index contributed by atoms with van der Waals surface area (Å²) < 4.78 is 48.5. The van der Waals surface area contributed by atoms with Crippen molar-refractivity contribution in [1.82, 2.24) is 0 Å². The van der Waals surface area contributed by atoms with Crippen molar-refractivity contribution in [2.24, 2.45) is 0 Å². The molecule has 0 aliphatic carbocycles. The number of rotatable bonds is 2. The number of benzene rings is 1. The van der Waals surface area contributed by atoms with Gasteiger partial charge in [-0.05, 0) is 6.92 Å². The van der Waals surface area contributed by atoms with Gasteiger partial charge in [0.05, 0.1) is 14.2 Å². The number of hydrogen-bond donors (Lipinski definition) is 0. The van der Waals surface area contributed by atoms with E-state index < -0.39 is 29.0 Å². The van der Waals surface area contributed by atoms with Crippen LogP contribution in [0.15, 0.2) is 0 Å². The van der Waals surface area contributed by atoms with Crippen LogP contribution in [-0.4, -0.2) is 14.2 Å². The first-order chi connectivity index (χ1) is 7.54. The number of ether oxygens (including phenoxy) is 2. The van der Waals surface area contributed by atoms with Gasteiger partial charge < -0.3 is 9.47 Å². The highest BCUT2D eigenvalue weighted by Crippen LogP contribution is 2.34. The normalized spacial score (nSPS) is 9.25. The molecule has 0 saturated heterocycles. The molecule has 1 aromatic rings. The highest BCUT2D eigenvalue weighted by Gasteiger charge is 2.23. The fraction of sp³-hybridized carbons (Fsp3) is 0.455. The first-order valence-corrected chi connectivity index (χ1v) is 4.79. The largest absolute Gasteiger partial charge is 0.491 e. The summed E-state index contributed by atoms with van der Waals surface area (Å²) >= 11 is 0. The molecule has 1 aromatic carbocycles. The van der Waals surface area contributed by atoms with Gasteiger partial charge in [-0.25, -0.2) is 8.78 Å². The van der Waals surface area contributed by atoms with Crippen LogP contribution in [0.4, 0.5) is 13.2 Å². The molecule has 0 heterocycles. The van der Waals surface area contributed by atoms with Gasteiger partial charge in [-0.1, -0.05) is 13.8 Å². The minimum Gasteiger partial charge on any atom is -0.491 e. The van der Waals surface area contributed by atoms with E-state index in [0.29, 0.717) is 0 Å². The molecule has 0 aromatic heterocycles. The molecule has 0 atom stereocenters. The van der Waals surface area contributed by atoms with E-state index in [9.17, 15) is 13.2 Å². The van der Waals surface area contributed by atoms with E-state index in [-0.39, 0.29) is 5.56 Å². The van der Waals surface area contributed by atoms with Gasteiger partial charge in [0.1, 0.15) is 0 Å². The smallest absolute Gasteiger partial charge is 0.212 e. The third-order valence-corrected chi connectivity index (χ3v) is 1.86. The molecule has 0 aliphatic rings. The predicted octanol–water partition coefficient (Wildman–Crippen LogP) is 3.46. The average molecular weight is 236 g/mol. The van der Waals surface area contributed by atoms with Crippen molar-refractivity contribution in [3.05, 3.63) is 23.0 Å². The number of hydrogen-bond acceptors (Lipinski definition) is 2. The van der Waals surface area contributed by atoms with Crippen molar-refractivity contribution >= 4 is 0 Å². The zero-order chi connectivity index (χ0) is 12.9. The molecule has 0 fully saturated rings. The van der Waals surface area contributed by atoms with E-state index in [1.807, 2.05) is 13.8 Å². The van der Waals surface area contributed by atoms with Gasteiger partial charge in [-0.3, -0.25) is 0 Å². The van der Waals surface area contributed by atoms with Crippen molar-refractivity contribution in [2.45, 2.75) is 20.8 Å². The van der Waals surface area contributed by atoms with E-state index in [1.165, 1.54) is 6.92 Å². The van der Waals surface area contributed by atoms with E-state index in [1.54, 1.807) is 0 Å². The van der Waals surface area contributed by atoms with Gasteiger partial charge in [0.2, 0.25) is 5.82 Å². The Labute approximate surface area is 93.0 Å². The topological polar surface area (TPSA) is 18.5 Å². The van der Waals surface area contributed by atoms with Crippen LogP contribution in [0.2, 0.25) is 0 Å². The Bertz CT molecular complexity index is 334. The lowest BCUT2D eigenvalue weighted by atomic mass is 10.2. The van der Waals surface area contributed by atoms with Crippen molar-refractivity contribution in [2.75, 3.05) is 14.2 Å². The van der Waals surface area contributed by atoms with Gasteiger partial charge in [0.25, 0.3) is 0 Å². The Balaban J connectivity index is 0.00000106. The molecular formula is C11H15F3O2. The Morgan fingerprint density at radius 2 is 1.06 bits per heavy atom. The van der Waals surface area contributed by atoms with E-state index in [0.717, 1.165) is 14.2 Å². The lowest BCUT2D eigenvalue weighted by Gasteiger charge is -2.11. The van der Waals surface area contributed by atoms with Gasteiger partial charge in [0, 0.05) is 5.56 Å². The lowest BCUT2D eigenvalue weighted by Crippen LogP contribution is -2.03. The van der Waals surface area contributed by atoms with Gasteiger partial charge >= 0.3 is 0 Å². The van der Waals surface area contributed by atoms with Crippen LogP contribution in [0.5, 0.6) is 11.5 Å². The molecule has 92 valence electrons. The Morgan fingerprint density at radius 3 is 1.31 bits per heavy atom. The Kier molecular flexibility index (Phi) is 5.71. The van der Waals surface area contributed by atoms with Crippen molar-refractivity contribution < 1.29 is 22.6 Å². The molecule has 0 radical (unpaired) electrons. The summed E-state index contributed by atoms with van der Waals surface area (Å²) in [6, 6.07) is 0. The molecule has 1 rings (SSSR count). The molecule has 0 saturated carbocycles. The Hall–Kier alpha value is -1.39. The molecule has 0 N–H and O–H groups in total. The van der Waals surface area contributed by atoms with E-state index in [4.69, 9.17) is 0 Å². The minimum atomic E-state index is -1.17. The monoisotopic (exact) mass is 236 g/mol. The van der Waals surface area contributed by atoms with Crippen LogP contribution in [0.25, 0.3) is 0 Å². The quantitative estimate of drug-likeness (QED) is 0.782. The molecule has 5 heteroatoms. The zero-order valence-corrected chi connectivity index (χ0v) is 9.95. The maximum Gasteiger partial charge on any atom is 0.212 e. The van der Waals surface area contributed by atoms with Crippen molar-refractivity contribution in [3.63, 3.8) is 0 Å². The summed E-state index contributed by atoms with van der Waals surface area (Å²) in [5, 5.41) is 0. The zero-order valence-electron chi connectivity index (χ0n) is 9.95. The third-order valence-electron chi connectivity index (χ3n) is 1.86. The van der Waals surface area contributed by atoms with Crippen LogP contribution in [-0.2, 0) is 0 Å². The second-order valence-corrected chi connectivity index (χ2v) is 2.63. The standard InChI is InChI=1S/C9H9F3O2.C2H6/c1-4-5(10)8(13-2)7(12)9(14-3)6(4)11;1-2/h1-3H3;1-2H3. The maximum absolute atomic E-state index is 13.2. The van der Waals surface area contributed by atoms with Crippen LogP contribution in [0.1, 0.15) is 19.4 Å². The number of halogens is 3. The van der Waals surface area contributed by atoms with Gasteiger partial charge in [-0.15, -0.1) is 0 Å². The van der Waals surface area contributed by atoms with E-state index >= 15 is 0 Å². The van der Waals surface area contributed by atoms with Gasteiger partial charge in [-0.2, -0.15) is 4.39 Å². The molecule has 16 heavy (non-hydrogen) atoms. The summed E-state index contributed by atoms with van der Waals surface area (Å²) in [5.41, 5.74) is -0.333. The first kappa shape index (κ1) is 14.6. The van der Waals surface area contributed by atoms with Crippen LogP contribution < -0.4 is 9.47 Å². The van der Waals surface area contributed by atoms with Crippen molar-refractivity contribution in [1.29, 1.82) is 0 Å². The minimum absolute atomic E-state index is 0.333. The van der Waals surface area contributed by atoms with Crippen LogP contribution >= 0.6 is 0 Å². The third kappa shape index (κ3) is 2.40. The summed E-state index contributed by atoms with van der Waals surface area (Å²) in [6.07, 6.45) is 0. The first-order valence-electron chi connectivity index (χ1n) is 4.79. The second-order valence-electron chi connectivity index (χ2n) is 2.63. The SMILES string of the molecule is CC.COc1c(F)c(C)c(F)c(OC)c1F. The summed E-state index contributed by atoms with van der Waals surface area (Å²) in [7, 11) is 2.19. The average Bonchev–Trinajstić information content (AvgIpc) is 2.30. The predicted molar refractivity (Wildman–Crippen MR) is 55.5 cm³/mol. The molecule has 2 nitrogen and oxygen atoms in total. The fourth-order valence-electron chi connectivity index (χ4n) is 1.09. The summed E-state index contributed by atoms with van der Waals surface area (Å²) in [6.45, 7) is 5.18. The maximum atomic E-state index is 13.2. The highest BCUT2D eigenvalue weighted by atomic mass is 19.1.